The van der Waals surface area contributed by atoms with E-state index >= 15 is 0 Å². The number of hydrogen-bond acceptors (Lipinski definition) is 4. The van der Waals surface area contributed by atoms with Gasteiger partial charge in [-0.25, -0.2) is 0 Å². The van der Waals surface area contributed by atoms with Crippen LogP contribution in [0.1, 0.15) is 30.5 Å². The van der Waals surface area contributed by atoms with Gasteiger partial charge < -0.3 is 11.5 Å². The van der Waals surface area contributed by atoms with Crippen molar-refractivity contribution in [3.8, 4) is 11.1 Å². The number of nitrogens with two attached hydrogens (primary N) is 2. The van der Waals surface area contributed by atoms with Crippen molar-refractivity contribution in [2.45, 2.75) is 20.8 Å². The fourth-order valence-electron chi connectivity index (χ4n) is 2.93. The summed E-state index contributed by atoms with van der Waals surface area (Å²) >= 11 is 6.22. The van der Waals surface area contributed by atoms with Gasteiger partial charge in [0, 0.05) is 0 Å². The van der Waals surface area contributed by atoms with Crippen LogP contribution in [0.2, 0.25) is 5.02 Å². The van der Waals surface area contributed by atoms with E-state index in [1.54, 1.807) is 0 Å². The number of hydrazone groups is 1. The average molecular weight is 433 g/mol. The van der Waals surface area contributed by atoms with Gasteiger partial charge in [-0.1, -0.05) is 66.2 Å². The topological polar surface area (TPSA) is 101 Å². The van der Waals surface area contributed by atoms with Crippen LogP contribution in [0.3, 0.4) is 0 Å². The van der Waals surface area contributed by atoms with Crippen molar-refractivity contribution >= 4 is 34.7 Å². The van der Waals surface area contributed by atoms with Crippen molar-refractivity contribution in [2.75, 3.05) is 5.43 Å². The van der Waals surface area contributed by atoms with E-state index in [-0.39, 0.29) is 5.96 Å². The van der Waals surface area contributed by atoms with Crippen molar-refractivity contribution in [2.24, 2.45) is 26.8 Å². The molecule has 0 bridgehead atoms. The van der Waals surface area contributed by atoms with Gasteiger partial charge in [0.2, 0.25) is 5.96 Å². The van der Waals surface area contributed by atoms with Crippen molar-refractivity contribution < 1.29 is 0 Å². The first-order valence-electron chi connectivity index (χ1n) is 9.74. The minimum Gasteiger partial charge on any atom is -0.369 e. The molecule has 5 N–H and O–H groups in total. The molecule has 6 nitrogen and oxygen atoms in total. The Hall–Kier alpha value is -3.64. The highest BCUT2D eigenvalue weighted by atomic mass is 35.5. The number of hydrogen-bond donors (Lipinski definition) is 3. The van der Waals surface area contributed by atoms with Crippen LogP contribution in [0.25, 0.3) is 11.1 Å². The van der Waals surface area contributed by atoms with Crippen molar-refractivity contribution in [3.63, 3.8) is 0 Å². The second-order valence-electron chi connectivity index (χ2n) is 7.16. The normalized spacial score (nSPS) is 11.9. The molecule has 0 radical (unpaired) electrons. The molecule has 0 aliphatic heterocycles. The number of guanidine groups is 1. The maximum Gasteiger partial charge on any atom is 0.211 e. The predicted octanol–water partition coefficient (Wildman–Crippen LogP) is 5.15. The van der Waals surface area contributed by atoms with Crippen molar-refractivity contribution in [1.82, 2.24) is 0 Å². The highest BCUT2D eigenvalue weighted by molar-refractivity contribution is 6.33. The molecule has 0 saturated carbocycles. The molecule has 0 unspecified atom stereocenters. The Morgan fingerprint density at radius 3 is 1.87 bits per heavy atom. The van der Waals surface area contributed by atoms with E-state index in [1.807, 2.05) is 75.4 Å². The molecule has 0 aliphatic carbocycles. The molecule has 3 rings (SSSR count). The van der Waals surface area contributed by atoms with E-state index in [9.17, 15) is 0 Å². The lowest BCUT2D eigenvalue weighted by molar-refractivity contribution is 1.20. The van der Waals surface area contributed by atoms with Gasteiger partial charge in [0.15, 0.2) is 0 Å². The highest BCUT2D eigenvalue weighted by Crippen LogP contribution is 2.24. The van der Waals surface area contributed by atoms with E-state index < -0.39 is 0 Å². The lowest BCUT2D eigenvalue weighted by atomic mass is 10.0. The molecule has 3 aromatic rings. The largest absolute Gasteiger partial charge is 0.369 e. The Morgan fingerprint density at radius 2 is 1.32 bits per heavy atom. The summed E-state index contributed by atoms with van der Waals surface area (Å²) in [6.07, 6.45) is 0. The number of aryl methyl sites for hydroxylation is 1. The van der Waals surface area contributed by atoms with Crippen molar-refractivity contribution in [1.29, 1.82) is 0 Å². The number of halogens is 1. The number of nitrogens with zero attached hydrogens (tertiary/aromatic N) is 3. The van der Waals surface area contributed by atoms with Gasteiger partial charge in [0.25, 0.3) is 0 Å². The smallest absolute Gasteiger partial charge is 0.211 e. The molecule has 158 valence electrons. The second kappa shape index (κ2) is 9.91. The van der Waals surface area contributed by atoms with Gasteiger partial charge >= 0.3 is 0 Å². The summed E-state index contributed by atoms with van der Waals surface area (Å²) in [5, 5.41) is 12.8. The van der Waals surface area contributed by atoms with Gasteiger partial charge in [-0.05, 0) is 60.7 Å². The molecule has 0 spiro atoms. The van der Waals surface area contributed by atoms with Gasteiger partial charge in [0.05, 0.1) is 22.1 Å². The summed E-state index contributed by atoms with van der Waals surface area (Å²) < 4.78 is 0. The van der Waals surface area contributed by atoms with Crippen LogP contribution < -0.4 is 16.9 Å². The zero-order valence-corrected chi connectivity index (χ0v) is 18.5. The zero-order valence-electron chi connectivity index (χ0n) is 17.7. The van der Waals surface area contributed by atoms with Crippen LogP contribution in [0.5, 0.6) is 0 Å². The minimum atomic E-state index is -0.0629. The minimum absolute atomic E-state index is 0.0629. The first-order chi connectivity index (χ1) is 14.8. The third-order valence-electron chi connectivity index (χ3n) is 4.72. The van der Waals surface area contributed by atoms with Gasteiger partial charge in [0.1, 0.15) is 0 Å². The highest BCUT2D eigenvalue weighted by Gasteiger charge is 2.04. The lowest BCUT2D eigenvalue weighted by Gasteiger charge is -2.08. The van der Waals surface area contributed by atoms with E-state index in [4.69, 9.17) is 23.1 Å². The van der Waals surface area contributed by atoms with E-state index in [2.05, 4.69) is 32.9 Å². The molecule has 0 atom stereocenters. The first-order valence-corrected chi connectivity index (χ1v) is 10.1. The summed E-state index contributed by atoms with van der Waals surface area (Å²) in [5.74, 6) is -0.0629. The molecule has 0 amide bonds. The molecule has 0 heterocycles. The lowest BCUT2D eigenvalue weighted by Crippen LogP contribution is -2.22. The fourth-order valence-corrected chi connectivity index (χ4v) is 3.09. The van der Waals surface area contributed by atoms with Crippen LogP contribution in [0.15, 0.2) is 82.0 Å². The second-order valence-corrected chi connectivity index (χ2v) is 7.56. The molecule has 31 heavy (non-hydrogen) atoms. The standard InChI is InChI=1S/C24H25ClN6/c1-15-4-13-22(25)23(14-15)30-28-16(2)18-5-9-20(10-6-18)21-11-7-19(8-12-21)17(3)29-31-24(26)27/h4-14,30H,1-3H3,(H4,26,27,31)/b28-16+,29-17+. The van der Waals surface area contributed by atoms with Gasteiger partial charge in [-0.15, -0.1) is 5.10 Å². The quantitative estimate of drug-likeness (QED) is 0.285. The monoisotopic (exact) mass is 432 g/mol. The molecule has 7 heteroatoms. The molecule has 0 fully saturated rings. The van der Waals surface area contributed by atoms with Gasteiger partial charge in [-0.2, -0.15) is 10.2 Å². The number of nitrogens with one attached hydrogen (secondary N) is 1. The number of rotatable bonds is 6. The van der Waals surface area contributed by atoms with Crippen LogP contribution in [0, 0.1) is 6.92 Å². The third-order valence-corrected chi connectivity index (χ3v) is 5.05. The average Bonchev–Trinajstić information content (AvgIpc) is 2.78. The Bertz CT molecular complexity index is 1140. The SMILES string of the molecule is C/C(=N\N=C(N)N)c1ccc(-c2ccc(/C(C)=N/Nc3cc(C)ccc3Cl)cc2)cc1. The summed E-state index contributed by atoms with van der Waals surface area (Å²) in [4.78, 5) is 0. The van der Waals surface area contributed by atoms with Crippen molar-refractivity contribution in [3.05, 3.63) is 88.4 Å². The van der Waals surface area contributed by atoms with Crippen LogP contribution in [0.4, 0.5) is 5.69 Å². The first kappa shape index (κ1) is 22.1. The summed E-state index contributed by atoms with van der Waals surface area (Å²) in [5.41, 5.74) is 21.4. The van der Waals surface area contributed by atoms with Crippen LogP contribution >= 0.6 is 11.6 Å². The number of benzene rings is 3. The van der Waals surface area contributed by atoms with Gasteiger partial charge in [-0.3, -0.25) is 5.43 Å². The summed E-state index contributed by atoms with van der Waals surface area (Å²) in [6, 6.07) is 22.1. The predicted molar refractivity (Wildman–Crippen MR) is 132 cm³/mol. The Labute approximate surface area is 187 Å². The Balaban J connectivity index is 1.73. The summed E-state index contributed by atoms with van der Waals surface area (Å²) in [6.45, 7) is 5.83. The Kier molecular flexibility index (Phi) is 7.05. The summed E-state index contributed by atoms with van der Waals surface area (Å²) in [7, 11) is 0. The molecular weight excluding hydrogens is 408 g/mol. The van der Waals surface area contributed by atoms with E-state index in [0.717, 1.165) is 44.9 Å². The molecule has 3 aromatic carbocycles. The maximum atomic E-state index is 6.22. The molecule has 0 aromatic heterocycles. The molecular formula is C24H25ClN6. The third kappa shape index (κ3) is 5.93. The maximum absolute atomic E-state index is 6.22. The van der Waals surface area contributed by atoms with E-state index in [1.165, 1.54) is 0 Å². The Morgan fingerprint density at radius 1 is 0.774 bits per heavy atom. The van der Waals surface area contributed by atoms with E-state index in [0.29, 0.717) is 5.02 Å². The van der Waals surface area contributed by atoms with Crippen LogP contribution in [-0.2, 0) is 0 Å². The molecule has 0 saturated heterocycles. The fraction of sp³-hybridized carbons (Fsp3) is 0.125. The number of anilines is 1. The zero-order chi connectivity index (χ0) is 22.4. The van der Waals surface area contributed by atoms with Crippen LogP contribution in [-0.4, -0.2) is 17.4 Å². The molecule has 0 aliphatic rings.